The van der Waals surface area contributed by atoms with Crippen molar-refractivity contribution in [2.75, 3.05) is 19.8 Å². The van der Waals surface area contributed by atoms with E-state index < -0.39 is 22.6 Å². The van der Waals surface area contributed by atoms with Crippen LogP contribution in [0.3, 0.4) is 0 Å². The van der Waals surface area contributed by atoms with Gasteiger partial charge >= 0.3 is 5.97 Å². The van der Waals surface area contributed by atoms with Crippen LogP contribution in [0.4, 0.5) is 10.1 Å². The molecule has 0 spiro atoms. The van der Waals surface area contributed by atoms with E-state index in [0.29, 0.717) is 31.6 Å². The molecule has 2 aromatic rings. The first kappa shape index (κ1) is 24.9. The van der Waals surface area contributed by atoms with E-state index in [9.17, 15) is 29.7 Å². The van der Waals surface area contributed by atoms with Gasteiger partial charge in [-0.2, -0.15) is 5.26 Å². The molecule has 1 saturated heterocycles. The average Bonchev–Trinajstić information content (AvgIpc) is 2.82. The van der Waals surface area contributed by atoms with Crippen LogP contribution in [0, 0.1) is 39.1 Å². The Hall–Kier alpha value is -3.77. The van der Waals surface area contributed by atoms with Crippen molar-refractivity contribution in [3.63, 3.8) is 0 Å². The van der Waals surface area contributed by atoms with Gasteiger partial charge in [0.25, 0.3) is 5.69 Å². The molecule has 34 heavy (non-hydrogen) atoms. The zero-order chi connectivity index (χ0) is 24.7. The topological polar surface area (TPSA) is 123 Å². The Morgan fingerprint density at radius 3 is 2.65 bits per heavy atom. The van der Waals surface area contributed by atoms with E-state index in [-0.39, 0.29) is 47.1 Å². The SMILES string of the molecule is CCOc1cc([N+](=O)[O-])c(C=C(C#N)C(CC(=O)O)C2CCOCC2)cc1-c1ccccc1F. The number of hydrogen-bond donors (Lipinski definition) is 1. The quantitative estimate of drug-likeness (QED) is 0.304. The van der Waals surface area contributed by atoms with Gasteiger partial charge in [0.15, 0.2) is 0 Å². The molecule has 2 aromatic carbocycles. The molecule has 3 rings (SSSR count). The Kier molecular flexibility index (Phi) is 8.33. The summed E-state index contributed by atoms with van der Waals surface area (Å²) >= 11 is 0. The number of halogens is 1. The van der Waals surface area contributed by atoms with Gasteiger partial charge in [0.1, 0.15) is 11.6 Å². The van der Waals surface area contributed by atoms with E-state index in [1.807, 2.05) is 0 Å². The van der Waals surface area contributed by atoms with Gasteiger partial charge < -0.3 is 14.6 Å². The van der Waals surface area contributed by atoms with Gasteiger partial charge in [0.05, 0.1) is 35.7 Å². The molecule has 1 aliphatic heterocycles. The molecule has 0 amide bonds. The normalized spacial score (nSPS) is 15.4. The van der Waals surface area contributed by atoms with Crippen molar-refractivity contribution in [2.45, 2.75) is 26.2 Å². The molecule has 0 aromatic heterocycles. The number of carboxylic acid groups (broad SMARTS) is 1. The molecule has 1 heterocycles. The fraction of sp³-hybridized carbons (Fsp3) is 0.360. The maximum atomic E-state index is 14.6. The molecule has 0 bridgehead atoms. The third kappa shape index (κ3) is 5.77. The Morgan fingerprint density at radius 1 is 1.35 bits per heavy atom. The van der Waals surface area contributed by atoms with E-state index >= 15 is 0 Å². The number of allylic oxidation sites excluding steroid dienone is 1. The number of nitrogens with zero attached hydrogens (tertiary/aromatic N) is 2. The summed E-state index contributed by atoms with van der Waals surface area (Å²) < 4.78 is 25.5. The van der Waals surface area contributed by atoms with Gasteiger partial charge in [-0.3, -0.25) is 14.9 Å². The third-order valence-corrected chi connectivity index (χ3v) is 5.86. The molecule has 0 radical (unpaired) electrons. The standard InChI is InChI=1S/C25H25FN2O6/c1-2-34-24-14-23(28(31)32)17(12-21(24)19-5-3-4-6-22(19)26)11-18(15-27)20(13-25(29)30)16-7-9-33-10-8-16/h3-6,11-12,14,16,20H,2,7-10,13H2,1H3,(H,29,30). The number of carbonyl (C=O) groups is 1. The minimum absolute atomic E-state index is 0.0747. The van der Waals surface area contributed by atoms with Gasteiger partial charge in [0, 0.05) is 35.8 Å². The van der Waals surface area contributed by atoms with Crippen LogP contribution in [0.15, 0.2) is 42.0 Å². The number of nitro benzene ring substituents is 1. The number of nitriles is 1. The van der Waals surface area contributed by atoms with Crippen molar-refractivity contribution in [1.82, 2.24) is 0 Å². The summed E-state index contributed by atoms with van der Waals surface area (Å²) in [6.45, 7) is 2.84. The van der Waals surface area contributed by atoms with E-state index in [0.717, 1.165) is 0 Å². The number of ether oxygens (including phenoxy) is 2. The van der Waals surface area contributed by atoms with Gasteiger partial charge in [-0.15, -0.1) is 0 Å². The summed E-state index contributed by atoms with van der Waals surface area (Å²) in [4.78, 5) is 22.8. The van der Waals surface area contributed by atoms with Crippen molar-refractivity contribution in [1.29, 1.82) is 5.26 Å². The van der Waals surface area contributed by atoms with Crippen LogP contribution in [0.5, 0.6) is 5.75 Å². The van der Waals surface area contributed by atoms with E-state index in [4.69, 9.17) is 9.47 Å². The van der Waals surface area contributed by atoms with E-state index in [2.05, 4.69) is 6.07 Å². The Balaban J connectivity index is 2.19. The van der Waals surface area contributed by atoms with Crippen LogP contribution in [0.2, 0.25) is 0 Å². The molecule has 178 valence electrons. The summed E-state index contributed by atoms with van der Waals surface area (Å²) in [5.41, 5.74) is 0.375. The summed E-state index contributed by atoms with van der Waals surface area (Å²) in [5, 5.41) is 31.2. The lowest BCUT2D eigenvalue weighted by molar-refractivity contribution is -0.385. The minimum atomic E-state index is -1.06. The van der Waals surface area contributed by atoms with Crippen LogP contribution in [0.1, 0.15) is 31.7 Å². The maximum Gasteiger partial charge on any atom is 0.303 e. The first-order valence-corrected chi connectivity index (χ1v) is 11.0. The Bertz CT molecular complexity index is 1130. The Morgan fingerprint density at radius 2 is 2.06 bits per heavy atom. The third-order valence-electron chi connectivity index (χ3n) is 5.86. The summed E-state index contributed by atoms with van der Waals surface area (Å²) in [6, 6.07) is 10.7. The highest BCUT2D eigenvalue weighted by molar-refractivity contribution is 5.79. The molecular weight excluding hydrogens is 443 g/mol. The average molecular weight is 468 g/mol. The van der Waals surface area contributed by atoms with Gasteiger partial charge in [-0.25, -0.2) is 4.39 Å². The Labute approximate surface area is 196 Å². The number of carboxylic acids is 1. The number of aliphatic carboxylic acids is 1. The summed E-state index contributed by atoms with van der Waals surface area (Å²) in [7, 11) is 0. The van der Waals surface area contributed by atoms with Crippen LogP contribution in [0.25, 0.3) is 17.2 Å². The second-order valence-corrected chi connectivity index (χ2v) is 7.94. The highest BCUT2D eigenvalue weighted by Crippen LogP contribution is 2.40. The van der Waals surface area contributed by atoms with Crippen molar-refractivity contribution < 1.29 is 28.7 Å². The molecule has 1 N–H and O–H groups in total. The van der Waals surface area contributed by atoms with Crippen molar-refractivity contribution in [3.8, 4) is 22.9 Å². The zero-order valence-corrected chi connectivity index (χ0v) is 18.7. The summed E-state index contributed by atoms with van der Waals surface area (Å²) in [5.74, 6) is -2.19. The van der Waals surface area contributed by atoms with Crippen molar-refractivity contribution >= 4 is 17.7 Å². The molecule has 1 aliphatic rings. The van der Waals surface area contributed by atoms with Gasteiger partial charge in [-0.05, 0) is 43.9 Å². The van der Waals surface area contributed by atoms with E-state index in [1.165, 1.54) is 36.4 Å². The molecule has 8 nitrogen and oxygen atoms in total. The molecule has 1 unspecified atom stereocenters. The van der Waals surface area contributed by atoms with Crippen LogP contribution in [-0.2, 0) is 9.53 Å². The smallest absolute Gasteiger partial charge is 0.303 e. The van der Waals surface area contributed by atoms with Crippen LogP contribution in [-0.4, -0.2) is 35.8 Å². The number of rotatable bonds is 9. The predicted octanol–water partition coefficient (Wildman–Crippen LogP) is 5.22. The lowest BCUT2D eigenvalue weighted by atomic mass is 9.78. The van der Waals surface area contributed by atoms with Crippen LogP contribution < -0.4 is 4.74 Å². The fourth-order valence-corrected chi connectivity index (χ4v) is 4.25. The monoisotopic (exact) mass is 468 g/mol. The maximum absolute atomic E-state index is 14.6. The number of hydrogen-bond acceptors (Lipinski definition) is 6. The largest absolute Gasteiger partial charge is 0.493 e. The summed E-state index contributed by atoms with van der Waals surface area (Å²) in [6.07, 6.45) is 2.24. The molecule has 0 aliphatic carbocycles. The van der Waals surface area contributed by atoms with Gasteiger partial charge in [-0.1, -0.05) is 18.2 Å². The minimum Gasteiger partial charge on any atom is -0.493 e. The van der Waals surface area contributed by atoms with Crippen molar-refractivity contribution in [2.24, 2.45) is 11.8 Å². The second kappa shape index (κ2) is 11.4. The zero-order valence-electron chi connectivity index (χ0n) is 18.7. The molecule has 0 saturated carbocycles. The highest BCUT2D eigenvalue weighted by atomic mass is 19.1. The predicted molar refractivity (Wildman–Crippen MR) is 123 cm³/mol. The van der Waals surface area contributed by atoms with Gasteiger partial charge in [0.2, 0.25) is 0 Å². The fourth-order valence-electron chi connectivity index (χ4n) is 4.25. The van der Waals surface area contributed by atoms with Crippen molar-refractivity contribution in [3.05, 3.63) is 63.5 Å². The lowest BCUT2D eigenvalue weighted by Gasteiger charge is -2.29. The van der Waals surface area contributed by atoms with E-state index in [1.54, 1.807) is 13.0 Å². The highest BCUT2D eigenvalue weighted by Gasteiger charge is 2.30. The van der Waals surface area contributed by atoms with Crippen LogP contribution >= 0.6 is 0 Å². The molecule has 1 atom stereocenters. The molecular formula is C25H25FN2O6. The first-order chi connectivity index (χ1) is 16.3. The first-order valence-electron chi connectivity index (χ1n) is 11.0. The number of nitro groups is 1. The number of benzene rings is 2. The second-order valence-electron chi connectivity index (χ2n) is 7.94. The lowest BCUT2D eigenvalue weighted by Crippen LogP contribution is -2.26. The molecule has 1 fully saturated rings. The molecule has 9 heteroatoms.